The van der Waals surface area contributed by atoms with E-state index in [4.69, 9.17) is 23.9 Å². The molecule has 3 aromatic carbocycles. The van der Waals surface area contributed by atoms with Crippen LogP contribution in [0.15, 0.2) is 67.0 Å². The van der Waals surface area contributed by atoms with Gasteiger partial charge in [-0.3, -0.25) is 9.59 Å². The van der Waals surface area contributed by atoms with Crippen molar-refractivity contribution in [1.29, 1.82) is 0 Å². The molecule has 17 nitrogen and oxygen atoms in total. The van der Waals surface area contributed by atoms with Crippen molar-refractivity contribution in [2.45, 2.75) is 96.1 Å². The number of likely N-dealkylation sites (tertiary alicyclic amines) is 2. The van der Waals surface area contributed by atoms with Crippen LogP contribution in [0, 0.1) is 17.7 Å². The summed E-state index contributed by atoms with van der Waals surface area (Å²) < 4.78 is 71.1. The number of methoxy groups -OCH3 is 2. The molecule has 4 aliphatic heterocycles. The number of alkyl halides is 2. The Kier molecular flexibility index (Phi) is 12.6. The lowest BCUT2D eigenvalue weighted by Crippen LogP contribution is -2.51. The number of rotatable bonds is 11. The highest BCUT2D eigenvalue weighted by Crippen LogP contribution is 2.49. The van der Waals surface area contributed by atoms with Crippen LogP contribution in [0.3, 0.4) is 0 Å². The molecule has 0 spiro atoms. The molecule has 4 aliphatic rings. The van der Waals surface area contributed by atoms with Gasteiger partial charge in [-0.25, -0.2) is 32.7 Å². The van der Waals surface area contributed by atoms with Crippen LogP contribution in [0.5, 0.6) is 11.5 Å². The van der Waals surface area contributed by atoms with Crippen LogP contribution in [0.25, 0.3) is 44.7 Å². The predicted molar refractivity (Wildman–Crippen MR) is 257 cm³/mol. The number of carbonyl (C=O) groups is 4. The van der Waals surface area contributed by atoms with Crippen LogP contribution in [0.2, 0.25) is 0 Å². The first-order valence-electron chi connectivity index (χ1n) is 24.3. The Morgan fingerprint density at radius 3 is 1.94 bits per heavy atom. The van der Waals surface area contributed by atoms with Crippen LogP contribution in [0.1, 0.15) is 101 Å². The number of benzene rings is 3. The van der Waals surface area contributed by atoms with Crippen LogP contribution < -0.4 is 20.1 Å². The molecule has 4 N–H and O–H groups in total. The summed E-state index contributed by atoms with van der Waals surface area (Å²) >= 11 is 0. The van der Waals surface area contributed by atoms with E-state index in [1.54, 1.807) is 40.4 Å². The van der Waals surface area contributed by atoms with Gasteiger partial charge in [0.1, 0.15) is 41.0 Å². The quantitative estimate of drug-likeness (QED) is 0.0971. The standard InChI is InChI=1S/C52H56F3N9O8/c1-26(2)43(60-50(67)69-5)47(65)62-16-7-9-37(62)45-56-24-34(58-45)28-12-14-36-31(19-28)21-39-42-33(53)20-30(23-41(42)72-49(64(36)39)29-11-13-32-40(22-29)71-18-15-52(32,54)55)35-25-57-46(59-35)38-10-8-17-63(38)48(66)44(27(3)4)61-51(68)70-6/h11-14,19-27,37-38,43-44,49H,7-10,15-18H2,1-6H3,(H,56,58)(H,57,59)(H,60,67)(H,61,68)/t37-,38-,43-,44-,49?/m0/s1. The minimum atomic E-state index is -3.08. The number of nitrogens with one attached hydrogen (secondary N) is 4. The summed E-state index contributed by atoms with van der Waals surface area (Å²) in [5, 5.41) is 6.07. The molecule has 4 amide bonds. The number of carbonyl (C=O) groups excluding carboxylic acids is 4. The second kappa shape index (κ2) is 18.9. The number of amides is 4. The number of ether oxygens (including phenoxy) is 4. The van der Waals surface area contributed by atoms with Crippen molar-refractivity contribution in [1.82, 2.24) is 44.9 Å². The van der Waals surface area contributed by atoms with Crippen LogP contribution in [-0.4, -0.2) is 104 Å². The van der Waals surface area contributed by atoms with E-state index in [-0.39, 0.29) is 58.9 Å². The largest absolute Gasteiger partial charge is 0.493 e. The number of fused-ring (bicyclic) bond motifs is 6. The van der Waals surface area contributed by atoms with E-state index in [1.807, 2.05) is 56.5 Å². The normalized spacial score (nSPS) is 19.8. The zero-order chi connectivity index (χ0) is 50.7. The molecule has 0 aliphatic carbocycles. The number of aromatic amines is 2. The summed E-state index contributed by atoms with van der Waals surface area (Å²) in [5.74, 6) is -3.22. The zero-order valence-electron chi connectivity index (χ0n) is 40.7. The molecule has 20 heteroatoms. The molecule has 5 atom stereocenters. The van der Waals surface area contributed by atoms with E-state index in [2.05, 4.69) is 25.6 Å². The average Bonchev–Trinajstić information content (AvgIpc) is 4.23. The van der Waals surface area contributed by atoms with Gasteiger partial charge in [0.2, 0.25) is 18.0 Å². The smallest absolute Gasteiger partial charge is 0.407 e. The van der Waals surface area contributed by atoms with Crippen molar-refractivity contribution in [2.24, 2.45) is 11.8 Å². The first kappa shape index (κ1) is 48.1. The minimum Gasteiger partial charge on any atom is -0.493 e. The highest BCUT2D eigenvalue weighted by Gasteiger charge is 2.42. The molecule has 2 saturated heterocycles. The van der Waals surface area contributed by atoms with Gasteiger partial charge >= 0.3 is 12.2 Å². The molecule has 10 rings (SSSR count). The van der Waals surface area contributed by atoms with Gasteiger partial charge in [0.15, 0.2) is 0 Å². The first-order valence-corrected chi connectivity index (χ1v) is 24.3. The minimum absolute atomic E-state index is 0.0422. The molecular weight excluding hydrogens is 936 g/mol. The van der Waals surface area contributed by atoms with Crippen molar-refractivity contribution in [3.8, 4) is 45.3 Å². The number of H-pyrrole nitrogens is 2. The molecular formula is C52H56F3N9O8. The molecule has 0 saturated carbocycles. The third-order valence-electron chi connectivity index (χ3n) is 14.3. The predicted octanol–water partition coefficient (Wildman–Crippen LogP) is 9.13. The molecule has 3 aromatic heterocycles. The molecule has 1 unspecified atom stereocenters. The van der Waals surface area contributed by atoms with Crippen LogP contribution in [0.4, 0.5) is 22.8 Å². The summed E-state index contributed by atoms with van der Waals surface area (Å²) in [6.07, 6.45) is 3.25. The fourth-order valence-corrected chi connectivity index (χ4v) is 10.5. The number of hydrogen-bond acceptors (Lipinski definition) is 10. The number of alkyl carbamates (subject to hydrolysis) is 2. The molecule has 0 bridgehead atoms. The fraction of sp³-hybridized carbons (Fsp3) is 0.423. The van der Waals surface area contributed by atoms with Gasteiger partial charge in [0.25, 0.3) is 5.92 Å². The lowest BCUT2D eigenvalue weighted by Gasteiger charge is -2.32. The zero-order valence-corrected chi connectivity index (χ0v) is 40.7. The number of nitrogens with zero attached hydrogens (tertiary/aromatic N) is 5. The molecule has 378 valence electrons. The third-order valence-corrected chi connectivity index (χ3v) is 14.3. The number of imidazole rings is 2. The van der Waals surface area contributed by atoms with E-state index in [9.17, 15) is 19.2 Å². The van der Waals surface area contributed by atoms with Crippen molar-refractivity contribution < 1.29 is 51.3 Å². The third kappa shape index (κ3) is 8.63. The van der Waals surface area contributed by atoms with Gasteiger partial charge in [-0.1, -0.05) is 39.8 Å². The Morgan fingerprint density at radius 2 is 1.36 bits per heavy atom. The monoisotopic (exact) mass is 991 g/mol. The van der Waals surface area contributed by atoms with E-state index in [0.717, 1.165) is 17.4 Å². The van der Waals surface area contributed by atoms with Gasteiger partial charge in [0, 0.05) is 35.2 Å². The summed E-state index contributed by atoms with van der Waals surface area (Å²) in [6, 6.07) is 12.8. The SMILES string of the molecule is COC(=O)N[C@H](C(=O)N1CCC[C@H]1c1ncc(-c2cc(F)c3c(c2)OC(c2ccc4c(c2)OCCC4(F)F)n2c-3cc3cc(-c4cnc([C@@H]5CCCN5C(=O)[C@@H](NC(=O)OC)C(C)C)[nH]4)ccc32)[nH]1)C(C)C. The fourth-order valence-electron chi connectivity index (χ4n) is 10.5. The summed E-state index contributed by atoms with van der Waals surface area (Å²) in [7, 11) is 2.50. The molecule has 72 heavy (non-hydrogen) atoms. The van der Waals surface area contributed by atoms with E-state index >= 15 is 13.2 Å². The topological polar surface area (TPSA) is 198 Å². The molecule has 0 radical (unpaired) electrons. The Labute approximate surface area is 412 Å². The van der Waals surface area contributed by atoms with Gasteiger partial charge in [-0.2, -0.15) is 0 Å². The van der Waals surface area contributed by atoms with E-state index in [1.165, 1.54) is 26.4 Å². The molecule has 2 fully saturated rings. The second-order valence-electron chi connectivity index (χ2n) is 19.5. The Morgan fingerprint density at radius 1 is 0.764 bits per heavy atom. The Bertz CT molecular complexity index is 3090. The van der Waals surface area contributed by atoms with Crippen LogP contribution >= 0.6 is 0 Å². The molecule has 6 aromatic rings. The van der Waals surface area contributed by atoms with Crippen LogP contribution in [-0.2, 0) is 25.0 Å². The number of halogens is 3. The van der Waals surface area contributed by atoms with Gasteiger partial charge < -0.3 is 53.9 Å². The first-order chi connectivity index (χ1) is 34.5. The lowest BCUT2D eigenvalue weighted by atomic mass is 9.98. The maximum absolute atomic E-state index is 17.0. The van der Waals surface area contributed by atoms with Gasteiger partial charge in [0.05, 0.1) is 85.5 Å². The van der Waals surface area contributed by atoms with Gasteiger partial charge in [-0.15, -0.1) is 0 Å². The average molecular weight is 992 g/mol. The highest BCUT2D eigenvalue weighted by atomic mass is 19.3. The summed E-state index contributed by atoms with van der Waals surface area (Å²) in [4.78, 5) is 71.5. The maximum Gasteiger partial charge on any atom is 0.407 e. The number of aromatic nitrogens is 5. The van der Waals surface area contributed by atoms with Crippen molar-refractivity contribution >= 4 is 34.9 Å². The van der Waals surface area contributed by atoms with Crippen molar-refractivity contribution in [2.75, 3.05) is 33.9 Å². The van der Waals surface area contributed by atoms with E-state index < -0.39 is 54.7 Å². The highest BCUT2D eigenvalue weighted by molar-refractivity contribution is 5.93. The maximum atomic E-state index is 17.0. The Hall–Kier alpha value is -7.51. The van der Waals surface area contributed by atoms with Gasteiger partial charge in [-0.05, 0) is 80.0 Å². The molecule has 7 heterocycles. The number of hydrogen-bond donors (Lipinski definition) is 4. The summed E-state index contributed by atoms with van der Waals surface area (Å²) in [6.45, 7) is 8.19. The van der Waals surface area contributed by atoms with Crippen molar-refractivity contribution in [3.63, 3.8) is 0 Å². The Balaban J connectivity index is 0.994. The lowest BCUT2D eigenvalue weighted by molar-refractivity contribution is -0.136. The summed E-state index contributed by atoms with van der Waals surface area (Å²) in [5.41, 5.74) is 3.97. The second-order valence-corrected chi connectivity index (χ2v) is 19.5. The van der Waals surface area contributed by atoms with E-state index in [0.29, 0.717) is 77.7 Å². The van der Waals surface area contributed by atoms with Crippen molar-refractivity contribution in [3.05, 3.63) is 95.6 Å².